The molecule has 27 heavy (non-hydrogen) atoms. The van der Waals surface area contributed by atoms with Crippen LogP contribution in [0.3, 0.4) is 0 Å². The number of esters is 1. The van der Waals surface area contributed by atoms with E-state index in [4.69, 9.17) is 9.47 Å². The summed E-state index contributed by atoms with van der Waals surface area (Å²) >= 11 is 3.35. The Morgan fingerprint density at radius 2 is 1.78 bits per heavy atom. The van der Waals surface area contributed by atoms with Gasteiger partial charge in [-0.1, -0.05) is 15.9 Å². The largest absolute Gasteiger partial charge is 0.497 e. The van der Waals surface area contributed by atoms with Crippen LogP contribution in [0.4, 0.5) is 5.69 Å². The first-order valence-electron chi connectivity index (χ1n) is 8.37. The number of Topliss-reactive ketones (excluding diaryl/α,β-unsaturated/α-hetero) is 1. The summed E-state index contributed by atoms with van der Waals surface area (Å²) in [4.78, 5) is 38.2. The zero-order chi connectivity index (χ0) is 19.4. The van der Waals surface area contributed by atoms with Crippen molar-refractivity contribution in [3.63, 3.8) is 0 Å². The molecule has 1 amide bonds. The summed E-state index contributed by atoms with van der Waals surface area (Å²) in [5.74, 6) is -0.920. The van der Waals surface area contributed by atoms with Crippen LogP contribution in [0.2, 0.25) is 0 Å². The van der Waals surface area contributed by atoms with E-state index in [0.717, 1.165) is 10.2 Å². The number of carbonyl (C=O) groups excluding carboxylic acids is 3. The van der Waals surface area contributed by atoms with Crippen molar-refractivity contribution in [1.29, 1.82) is 0 Å². The normalized spacial score (nSPS) is 16.3. The highest BCUT2D eigenvalue weighted by Gasteiger charge is 2.36. The summed E-state index contributed by atoms with van der Waals surface area (Å²) in [6.45, 7) is -0.107. The van der Waals surface area contributed by atoms with Gasteiger partial charge >= 0.3 is 5.97 Å². The second-order valence-electron chi connectivity index (χ2n) is 6.14. The maximum absolute atomic E-state index is 12.3. The fraction of sp³-hybridized carbons (Fsp3) is 0.250. The molecule has 1 saturated heterocycles. The third kappa shape index (κ3) is 4.54. The van der Waals surface area contributed by atoms with Gasteiger partial charge in [0.15, 0.2) is 12.4 Å². The SMILES string of the molecule is COc1ccc(C(=O)COC(=O)[C@@H]2CC(=O)N(c3ccc(Br)cc3)C2)cc1. The highest BCUT2D eigenvalue weighted by Crippen LogP contribution is 2.27. The number of methoxy groups -OCH3 is 1. The molecule has 6 nitrogen and oxygen atoms in total. The lowest BCUT2D eigenvalue weighted by molar-refractivity contribution is -0.147. The predicted molar refractivity (Wildman–Crippen MR) is 103 cm³/mol. The van der Waals surface area contributed by atoms with Crippen molar-refractivity contribution in [2.24, 2.45) is 5.92 Å². The van der Waals surface area contributed by atoms with E-state index >= 15 is 0 Å². The molecule has 1 atom stereocenters. The van der Waals surface area contributed by atoms with Crippen molar-refractivity contribution < 1.29 is 23.9 Å². The van der Waals surface area contributed by atoms with Crippen molar-refractivity contribution in [1.82, 2.24) is 0 Å². The third-order valence-corrected chi connectivity index (χ3v) is 4.88. The molecule has 0 bridgehead atoms. The highest BCUT2D eigenvalue weighted by atomic mass is 79.9. The van der Waals surface area contributed by atoms with Crippen LogP contribution in [0, 0.1) is 5.92 Å². The van der Waals surface area contributed by atoms with Crippen LogP contribution in [0.25, 0.3) is 0 Å². The Kier molecular flexibility index (Phi) is 5.91. The van der Waals surface area contributed by atoms with E-state index in [1.807, 2.05) is 24.3 Å². The zero-order valence-corrected chi connectivity index (χ0v) is 16.3. The highest BCUT2D eigenvalue weighted by molar-refractivity contribution is 9.10. The molecule has 2 aromatic rings. The second-order valence-corrected chi connectivity index (χ2v) is 7.06. The molecule has 140 valence electrons. The molecule has 1 aliphatic rings. The number of hydrogen-bond donors (Lipinski definition) is 0. The van der Waals surface area contributed by atoms with Crippen LogP contribution in [0.1, 0.15) is 16.8 Å². The lowest BCUT2D eigenvalue weighted by atomic mass is 10.1. The van der Waals surface area contributed by atoms with Crippen molar-refractivity contribution >= 4 is 39.3 Å². The van der Waals surface area contributed by atoms with Gasteiger partial charge in [0.05, 0.1) is 13.0 Å². The lowest BCUT2D eigenvalue weighted by Crippen LogP contribution is -2.27. The Hall–Kier alpha value is -2.67. The number of anilines is 1. The van der Waals surface area contributed by atoms with Crippen molar-refractivity contribution in [3.8, 4) is 5.75 Å². The molecule has 0 aromatic heterocycles. The standard InChI is InChI=1S/C20H18BrNO5/c1-26-17-8-2-13(3-9-17)18(23)12-27-20(25)14-10-19(24)22(11-14)16-6-4-15(21)5-7-16/h2-9,14H,10-12H2,1H3/t14-/m1/s1. The van der Waals surface area contributed by atoms with Gasteiger partial charge in [-0.25, -0.2) is 0 Å². The minimum absolute atomic E-state index is 0.0750. The number of carbonyl (C=O) groups is 3. The Morgan fingerprint density at radius 1 is 1.11 bits per heavy atom. The van der Waals surface area contributed by atoms with E-state index < -0.39 is 11.9 Å². The maximum atomic E-state index is 12.3. The van der Waals surface area contributed by atoms with Gasteiger partial charge in [0.1, 0.15) is 5.75 Å². The fourth-order valence-corrected chi connectivity index (χ4v) is 3.12. The predicted octanol–water partition coefficient (Wildman–Crippen LogP) is 3.24. The quantitative estimate of drug-likeness (QED) is 0.518. The van der Waals surface area contributed by atoms with E-state index in [1.165, 1.54) is 0 Å². The number of ether oxygens (including phenoxy) is 2. The molecule has 1 aliphatic heterocycles. The Balaban J connectivity index is 1.55. The Morgan fingerprint density at radius 3 is 2.41 bits per heavy atom. The summed E-state index contributed by atoms with van der Waals surface area (Å²) in [6, 6.07) is 13.9. The number of hydrogen-bond acceptors (Lipinski definition) is 5. The average Bonchev–Trinajstić information content (AvgIpc) is 3.08. The number of rotatable bonds is 6. The Labute approximate surface area is 165 Å². The van der Waals surface area contributed by atoms with E-state index in [2.05, 4.69) is 15.9 Å². The van der Waals surface area contributed by atoms with Gasteiger partial charge in [0, 0.05) is 28.7 Å². The molecule has 0 N–H and O–H groups in total. The van der Waals surface area contributed by atoms with Gasteiger partial charge in [-0.05, 0) is 48.5 Å². The zero-order valence-electron chi connectivity index (χ0n) is 14.7. The van der Waals surface area contributed by atoms with Gasteiger partial charge < -0.3 is 14.4 Å². The lowest BCUT2D eigenvalue weighted by Gasteiger charge is -2.16. The van der Waals surface area contributed by atoms with Crippen LogP contribution in [0.15, 0.2) is 53.0 Å². The number of nitrogens with zero attached hydrogens (tertiary/aromatic N) is 1. The topological polar surface area (TPSA) is 72.9 Å². The first kappa shape index (κ1) is 19.1. The third-order valence-electron chi connectivity index (χ3n) is 4.35. The first-order valence-corrected chi connectivity index (χ1v) is 9.17. The van der Waals surface area contributed by atoms with Gasteiger partial charge in [-0.3, -0.25) is 14.4 Å². The smallest absolute Gasteiger partial charge is 0.311 e. The summed E-state index contributed by atoms with van der Waals surface area (Å²) in [6.07, 6.45) is 0.0750. The minimum atomic E-state index is -0.579. The van der Waals surface area contributed by atoms with Gasteiger partial charge in [-0.2, -0.15) is 0 Å². The minimum Gasteiger partial charge on any atom is -0.497 e. The molecular formula is C20H18BrNO5. The summed E-state index contributed by atoms with van der Waals surface area (Å²) in [5, 5.41) is 0. The molecule has 7 heteroatoms. The number of benzene rings is 2. The summed E-state index contributed by atoms with van der Waals surface area (Å²) in [7, 11) is 1.54. The molecule has 2 aromatic carbocycles. The Bertz CT molecular complexity index is 848. The molecule has 1 fully saturated rings. The van der Waals surface area contributed by atoms with Gasteiger partial charge in [-0.15, -0.1) is 0 Å². The number of amides is 1. The van der Waals surface area contributed by atoms with Crippen molar-refractivity contribution in [2.75, 3.05) is 25.2 Å². The van der Waals surface area contributed by atoms with Crippen LogP contribution in [-0.2, 0) is 14.3 Å². The van der Waals surface area contributed by atoms with Crippen LogP contribution >= 0.6 is 15.9 Å². The number of ketones is 1. The van der Waals surface area contributed by atoms with Crippen LogP contribution in [0.5, 0.6) is 5.75 Å². The monoisotopic (exact) mass is 431 g/mol. The van der Waals surface area contributed by atoms with Crippen molar-refractivity contribution in [2.45, 2.75) is 6.42 Å². The molecule has 1 heterocycles. The molecule has 0 saturated carbocycles. The second kappa shape index (κ2) is 8.35. The van der Waals surface area contributed by atoms with E-state index in [0.29, 0.717) is 11.3 Å². The van der Waals surface area contributed by atoms with Crippen LogP contribution in [-0.4, -0.2) is 37.9 Å². The van der Waals surface area contributed by atoms with E-state index in [9.17, 15) is 14.4 Å². The summed E-state index contributed by atoms with van der Waals surface area (Å²) < 4.78 is 11.1. The van der Waals surface area contributed by atoms with E-state index in [1.54, 1.807) is 36.3 Å². The molecular weight excluding hydrogens is 414 g/mol. The molecule has 0 unspecified atom stereocenters. The van der Waals surface area contributed by atoms with E-state index in [-0.39, 0.29) is 31.3 Å². The fourth-order valence-electron chi connectivity index (χ4n) is 2.85. The van der Waals surface area contributed by atoms with Gasteiger partial charge in [0.25, 0.3) is 0 Å². The molecule has 0 aliphatic carbocycles. The average molecular weight is 432 g/mol. The maximum Gasteiger partial charge on any atom is 0.311 e. The van der Waals surface area contributed by atoms with Crippen molar-refractivity contribution in [3.05, 3.63) is 58.6 Å². The first-order chi connectivity index (χ1) is 13.0. The van der Waals surface area contributed by atoms with Gasteiger partial charge in [0.2, 0.25) is 5.91 Å². The summed E-state index contributed by atoms with van der Waals surface area (Å²) in [5.41, 5.74) is 1.16. The molecule has 0 radical (unpaired) electrons. The molecule has 3 rings (SSSR count). The van der Waals surface area contributed by atoms with Crippen LogP contribution < -0.4 is 9.64 Å². The number of halogens is 1. The molecule has 0 spiro atoms.